The predicted octanol–water partition coefficient (Wildman–Crippen LogP) is 1.10. The van der Waals surface area contributed by atoms with E-state index in [9.17, 15) is 0 Å². The maximum atomic E-state index is 5.98. The highest BCUT2D eigenvalue weighted by Gasteiger charge is 2.34. The van der Waals surface area contributed by atoms with Crippen molar-refractivity contribution < 1.29 is 9.47 Å². The molecule has 2 N–H and O–H groups in total. The Bertz CT molecular complexity index is 204. The first-order chi connectivity index (χ1) is 8.13. The van der Waals surface area contributed by atoms with Crippen molar-refractivity contribution in [3.63, 3.8) is 0 Å². The zero-order valence-corrected chi connectivity index (χ0v) is 11.6. The Morgan fingerprint density at radius 1 is 1.47 bits per heavy atom. The van der Waals surface area contributed by atoms with Gasteiger partial charge in [0.05, 0.1) is 13.2 Å². The normalized spacial score (nSPS) is 25.8. The van der Waals surface area contributed by atoms with E-state index in [-0.39, 0.29) is 5.41 Å². The Balaban J connectivity index is 2.55. The van der Waals surface area contributed by atoms with Crippen LogP contribution in [0.2, 0.25) is 0 Å². The van der Waals surface area contributed by atoms with Gasteiger partial charge in [0.15, 0.2) is 0 Å². The summed E-state index contributed by atoms with van der Waals surface area (Å²) in [4.78, 5) is 2.45. The highest BCUT2D eigenvalue weighted by molar-refractivity contribution is 4.87. The minimum absolute atomic E-state index is 0.149. The van der Waals surface area contributed by atoms with Gasteiger partial charge in [0.25, 0.3) is 0 Å². The molecule has 1 atom stereocenters. The van der Waals surface area contributed by atoms with E-state index >= 15 is 0 Å². The van der Waals surface area contributed by atoms with Crippen LogP contribution in [0, 0.1) is 5.41 Å². The van der Waals surface area contributed by atoms with Gasteiger partial charge in [-0.3, -0.25) is 4.90 Å². The molecule has 1 heterocycles. The molecule has 1 aliphatic rings. The van der Waals surface area contributed by atoms with Gasteiger partial charge in [0, 0.05) is 44.8 Å². The highest BCUT2D eigenvalue weighted by atomic mass is 16.5. The Kier molecular flexibility index (Phi) is 6.41. The van der Waals surface area contributed by atoms with E-state index in [1.165, 1.54) is 6.42 Å². The lowest BCUT2D eigenvalue weighted by Gasteiger charge is -2.41. The van der Waals surface area contributed by atoms with Gasteiger partial charge in [-0.25, -0.2) is 0 Å². The third-order valence-corrected chi connectivity index (χ3v) is 3.69. The molecule has 1 unspecified atom stereocenters. The van der Waals surface area contributed by atoms with Crippen molar-refractivity contribution >= 4 is 0 Å². The third kappa shape index (κ3) is 4.54. The molecule has 0 aliphatic carbocycles. The standard InChI is InChI=1S/C13H28N2O2/c1-12(2)15(6-8-16-3)10-13(9-14)5-4-7-17-11-13/h12H,4-11,14H2,1-3H3. The third-order valence-electron chi connectivity index (χ3n) is 3.69. The van der Waals surface area contributed by atoms with Gasteiger partial charge in [-0.05, 0) is 26.7 Å². The molecule has 0 aromatic carbocycles. The number of nitrogens with zero attached hydrogens (tertiary/aromatic N) is 1. The molecule has 0 aromatic rings. The van der Waals surface area contributed by atoms with Crippen molar-refractivity contribution in [1.29, 1.82) is 0 Å². The number of methoxy groups -OCH3 is 1. The molecular weight excluding hydrogens is 216 g/mol. The van der Waals surface area contributed by atoms with Crippen molar-refractivity contribution in [2.75, 3.05) is 46.6 Å². The van der Waals surface area contributed by atoms with Crippen molar-refractivity contribution in [2.24, 2.45) is 11.1 Å². The van der Waals surface area contributed by atoms with E-state index in [0.717, 1.165) is 39.3 Å². The largest absolute Gasteiger partial charge is 0.383 e. The zero-order valence-electron chi connectivity index (χ0n) is 11.6. The van der Waals surface area contributed by atoms with E-state index in [1.807, 2.05) is 0 Å². The molecule has 4 heteroatoms. The molecule has 0 saturated carbocycles. The van der Waals surface area contributed by atoms with Crippen LogP contribution in [0.25, 0.3) is 0 Å². The first-order valence-corrected chi connectivity index (χ1v) is 6.64. The Labute approximate surface area is 105 Å². The van der Waals surface area contributed by atoms with Crippen LogP contribution in [0.1, 0.15) is 26.7 Å². The van der Waals surface area contributed by atoms with Crippen molar-refractivity contribution in [3.8, 4) is 0 Å². The number of hydrogen-bond acceptors (Lipinski definition) is 4. The van der Waals surface area contributed by atoms with Crippen LogP contribution in [0.15, 0.2) is 0 Å². The molecule has 0 spiro atoms. The van der Waals surface area contributed by atoms with Crippen LogP contribution < -0.4 is 5.73 Å². The Hall–Kier alpha value is -0.160. The van der Waals surface area contributed by atoms with E-state index in [4.69, 9.17) is 15.2 Å². The fraction of sp³-hybridized carbons (Fsp3) is 1.00. The summed E-state index contributed by atoms with van der Waals surface area (Å²) >= 11 is 0. The molecule has 0 radical (unpaired) electrons. The van der Waals surface area contributed by atoms with Gasteiger partial charge in [0.1, 0.15) is 0 Å². The molecule has 1 rings (SSSR count). The number of nitrogens with two attached hydrogens (primary N) is 1. The first kappa shape index (κ1) is 14.9. The minimum atomic E-state index is 0.149. The van der Waals surface area contributed by atoms with Crippen molar-refractivity contribution in [1.82, 2.24) is 4.90 Å². The summed E-state index contributed by atoms with van der Waals surface area (Å²) in [6.45, 7) is 9.62. The molecular formula is C13H28N2O2. The summed E-state index contributed by atoms with van der Waals surface area (Å²) in [5.41, 5.74) is 6.13. The molecule has 1 saturated heterocycles. The van der Waals surface area contributed by atoms with E-state index in [1.54, 1.807) is 7.11 Å². The van der Waals surface area contributed by atoms with Crippen LogP contribution in [-0.4, -0.2) is 57.5 Å². The maximum Gasteiger partial charge on any atom is 0.0589 e. The SMILES string of the molecule is COCCN(CC1(CN)CCCOC1)C(C)C. The second kappa shape index (κ2) is 7.31. The van der Waals surface area contributed by atoms with Gasteiger partial charge in [-0.2, -0.15) is 0 Å². The summed E-state index contributed by atoms with van der Waals surface area (Å²) in [6, 6.07) is 0.524. The first-order valence-electron chi connectivity index (χ1n) is 6.64. The fourth-order valence-electron chi connectivity index (χ4n) is 2.42. The van der Waals surface area contributed by atoms with Crippen LogP contribution in [-0.2, 0) is 9.47 Å². The van der Waals surface area contributed by atoms with E-state index in [2.05, 4.69) is 18.7 Å². The summed E-state index contributed by atoms with van der Waals surface area (Å²) in [5, 5.41) is 0. The van der Waals surface area contributed by atoms with Crippen LogP contribution in [0.3, 0.4) is 0 Å². The minimum Gasteiger partial charge on any atom is -0.383 e. The average molecular weight is 244 g/mol. The van der Waals surface area contributed by atoms with Gasteiger partial charge in [0.2, 0.25) is 0 Å². The lowest BCUT2D eigenvalue weighted by Crippen LogP contribution is -2.50. The van der Waals surface area contributed by atoms with Crippen LogP contribution in [0.5, 0.6) is 0 Å². The lowest BCUT2D eigenvalue weighted by atomic mass is 9.81. The van der Waals surface area contributed by atoms with Gasteiger partial charge in [-0.15, -0.1) is 0 Å². The summed E-state index contributed by atoms with van der Waals surface area (Å²) < 4.78 is 10.8. The van der Waals surface area contributed by atoms with E-state index < -0.39 is 0 Å². The topological polar surface area (TPSA) is 47.7 Å². The van der Waals surface area contributed by atoms with Crippen LogP contribution >= 0.6 is 0 Å². The lowest BCUT2D eigenvalue weighted by molar-refractivity contribution is -0.0297. The van der Waals surface area contributed by atoms with Gasteiger partial charge < -0.3 is 15.2 Å². The van der Waals surface area contributed by atoms with Crippen LogP contribution in [0.4, 0.5) is 0 Å². The number of rotatable bonds is 7. The number of ether oxygens (including phenoxy) is 2. The highest BCUT2D eigenvalue weighted by Crippen LogP contribution is 2.29. The average Bonchev–Trinajstić information content (AvgIpc) is 2.35. The summed E-state index contributed by atoms with van der Waals surface area (Å²) in [6.07, 6.45) is 2.31. The second-order valence-corrected chi connectivity index (χ2v) is 5.42. The molecule has 17 heavy (non-hydrogen) atoms. The monoisotopic (exact) mass is 244 g/mol. The summed E-state index contributed by atoms with van der Waals surface area (Å²) in [5.74, 6) is 0. The second-order valence-electron chi connectivity index (χ2n) is 5.42. The number of hydrogen-bond donors (Lipinski definition) is 1. The molecule has 4 nitrogen and oxygen atoms in total. The Morgan fingerprint density at radius 2 is 2.24 bits per heavy atom. The molecule has 102 valence electrons. The fourth-order valence-corrected chi connectivity index (χ4v) is 2.42. The summed E-state index contributed by atoms with van der Waals surface area (Å²) in [7, 11) is 1.75. The predicted molar refractivity (Wildman–Crippen MR) is 70.1 cm³/mol. The smallest absolute Gasteiger partial charge is 0.0589 e. The van der Waals surface area contributed by atoms with Gasteiger partial charge in [-0.1, -0.05) is 0 Å². The van der Waals surface area contributed by atoms with Crippen molar-refractivity contribution in [2.45, 2.75) is 32.7 Å². The zero-order chi connectivity index (χ0) is 12.7. The molecule has 1 aliphatic heterocycles. The molecule has 0 amide bonds. The quantitative estimate of drug-likeness (QED) is 0.728. The molecule has 0 aromatic heterocycles. The Morgan fingerprint density at radius 3 is 2.71 bits per heavy atom. The van der Waals surface area contributed by atoms with Gasteiger partial charge >= 0.3 is 0 Å². The molecule has 0 bridgehead atoms. The maximum absolute atomic E-state index is 5.98. The van der Waals surface area contributed by atoms with E-state index in [0.29, 0.717) is 12.6 Å². The molecule has 1 fully saturated rings. The van der Waals surface area contributed by atoms with Crippen molar-refractivity contribution in [3.05, 3.63) is 0 Å².